The van der Waals surface area contributed by atoms with Crippen molar-refractivity contribution < 1.29 is 87.0 Å². The molecule has 2 aromatic carbocycles. The fourth-order valence-electron chi connectivity index (χ4n) is 11.4. The first-order valence-electron chi connectivity index (χ1n) is 26.9. The van der Waals surface area contributed by atoms with Crippen LogP contribution in [0.1, 0.15) is 161 Å². The molecule has 6 aliphatic rings. The Labute approximate surface area is 480 Å². The van der Waals surface area contributed by atoms with Gasteiger partial charge >= 0.3 is 47.6 Å². The predicted molar refractivity (Wildman–Crippen MR) is 289 cm³/mol. The summed E-state index contributed by atoms with van der Waals surface area (Å²) in [7, 11) is 4.32. The molecule has 2 aliphatic carbocycles. The van der Waals surface area contributed by atoms with Gasteiger partial charge in [0.15, 0.2) is 5.88 Å². The van der Waals surface area contributed by atoms with Crippen molar-refractivity contribution in [3.05, 3.63) is 83.2 Å². The largest absolute Gasteiger partial charge is 1.00 e. The molecule has 2 aromatic rings. The van der Waals surface area contributed by atoms with E-state index in [9.17, 15) is 33.6 Å². The molecule has 77 heavy (non-hydrogen) atoms. The number of benzene rings is 2. The minimum atomic E-state index is -0.639. The second-order valence-electron chi connectivity index (χ2n) is 21.5. The van der Waals surface area contributed by atoms with E-state index < -0.39 is 17.9 Å². The molecule has 0 aromatic heterocycles. The number of hydrogen-bond donors (Lipinski definition) is 3. The number of likely N-dealkylation sites (tertiary alicyclic amines) is 3. The van der Waals surface area contributed by atoms with Crippen LogP contribution < -0.4 is 45.5 Å². The number of ether oxygens (including phenoxy) is 2. The maximum absolute atomic E-state index is 12.0. The third-order valence-electron chi connectivity index (χ3n) is 15.5. The van der Waals surface area contributed by atoms with Crippen molar-refractivity contribution >= 4 is 50.2 Å². The van der Waals surface area contributed by atoms with E-state index in [0.29, 0.717) is 13.2 Å². The fourth-order valence-corrected chi connectivity index (χ4v) is 11.4. The van der Waals surface area contributed by atoms with Crippen LogP contribution in [0.4, 0.5) is 4.79 Å². The molecule has 4 aliphatic heterocycles. The second kappa shape index (κ2) is 31.6. The summed E-state index contributed by atoms with van der Waals surface area (Å²) in [4.78, 5) is 89.3. The van der Waals surface area contributed by atoms with Crippen LogP contribution in [0.3, 0.4) is 0 Å². The number of carbonyl (C=O) groups excluding carboxylic acids is 7. The van der Waals surface area contributed by atoms with Gasteiger partial charge < -0.3 is 57.6 Å². The summed E-state index contributed by atoms with van der Waals surface area (Å²) in [6.07, 6.45) is 11.5. The van der Waals surface area contributed by atoms with Crippen molar-refractivity contribution in [1.82, 2.24) is 30.7 Å². The zero-order valence-electron chi connectivity index (χ0n) is 47.7. The van der Waals surface area contributed by atoms with E-state index in [0.717, 1.165) is 136 Å². The zero-order chi connectivity index (χ0) is 56.1. The van der Waals surface area contributed by atoms with Crippen LogP contribution in [0.5, 0.6) is 0 Å². The molecule has 18 nitrogen and oxygen atoms in total. The summed E-state index contributed by atoms with van der Waals surface area (Å²) in [5, 5.41) is 9.72. The van der Waals surface area contributed by atoms with Gasteiger partial charge in [-0.05, 0) is 138 Å². The van der Waals surface area contributed by atoms with E-state index in [2.05, 4.69) is 110 Å². The Hall–Kier alpha value is -4.95. The first-order valence-corrected chi connectivity index (χ1v) is 26.9. The number of piperidine rings is 4. The summed E-state index contributed by atoms with van der Waals surface area (Å²) in [6, 6.07) is 17.7. The van der Waals surface area contributed by atoms with Crippen molar-refractivity contribution in [3.8, 4) is 0 Å². The number of nitrogens with one attached hydrogen (secondary N) is 3. The Kier molecular flexibility index (Phi) is 27.2. The van der Waals surface area contributed by atoms with Gasteiger partial charge in [-0.15, -0.1) is 0 Å². The van der Waals surface area contributed by atoms with E-state index in [1.54, 1.807) is 13.8 Å². The Morgan fingerprint density at radius 1 is 0.649 bits per heavy atom. The second-order valence-corrected chi connectivity index (χ2v) is 21.5. The Morgan fingerprint density at radius 3 is 1.48 bits per heavy atom. The summed E-state index contributed by atoms with van der Waals surface area (Å²) < 4.78 is 14.1. The maximum atomic E-state index is 12.0. The monoisotopic (exact) mass is 1080 g/mol. The van der Waals surface area contributed by atoms with Gasteiger partial charge in [0.1, 0.15) is 6.29 Å². The van der Waals surface area contributed by atoms with Gasteiger partial charge in [-0.2, -0.15) is 0 Å². The molecule has 0 unspecified atom stereocenters. The van der Waals surface area contributed by atoms with Crippen LogP contribution in [0.15, 0.2) is 61.0 Å². The first-order chi connectivity index (χ1) is 36.1. The summed E-state index contributed by atoms with van der Waals surface area (Å²) >= 11 is 0. The van der Waals surface area contributed by atoms with Crippen LogP contribution in [0, 0.1) is 10.8 Å². The molecule has 0 saturated carbocycles. The van der Waals surface area contributed by atoms with Gasteiger partial charge in [0, 0.05) is 83.6 Å². The van der Waals surface area contributed by atoms with Gasteiger partial charge in [0.05, 0.1) is 25.3 Å². The number of aldehydes is 1. The molecule has 4 fully saturated rings. The molecule has 20 heteroatoms. The number of amides is 3. The predicted octanol–water partition coefficient (Wildman–Crippen LogP) is 4.21. The molecule has 2 atom stereocenters. The van der Waals surface area contributed by atoms with E-state index in [4.69, 9.17) is 9.47 Å². The minimum Gasteiger partial charge on any atom is -0.793 e. The molecule has 4 saturated heterocycles. The zero-order valence-corrected chi connectivity index (χ0v) is 49.7. The molecule has 0 bridgehead atoms. The maximum Gasteiger partial charge on any atom is 1.00 e. The number of rotatable bonds is 9. The van der Waals surface area contributed by atoms with Crippen molar-refractivity contribution in [2.75, 3.05) is 72.1 Å². The quantitative estimate of drug-likeness (QED) is 0.106. The third kappa shape index (κ3) is 20.0. The number of hydrogen-bond acceptors (Lipinski definition) is 15. The van der Waals surface area contributed by atoms with Crippen LogP contribution in [-0.4, -0.2) is 137 Å². The fraction of sp³-hybridized carbons (Fsp3) is 0.632. The summed E-state index contributed by atoms with van der Waals surface area (Å²) in [5.74, 6) is -0.886. The van der Waals surface area contributed by atoms with Crippen LogP contribution in [0.2, 0.25) is 0 Å². The van der Waals surface area contributed by atoms with Gasteiger partial charge in [-0.1, -0.05) is 62.4 Å². The third-order valence-corrected chi connectivity index (χ3v) is 15.5. The summed E-state index contributed by atoms with van der Waals surface area (Å²) in [6.45, 7) is 28.7. The molecule has 2 spiro atoms. The van der Waals surface area contributed by atoms with E-state index in [1.165, 1.54) is 42.0 Å². The average Bonchev–Trinajstić information content (AvgIpc) is 3.90. The molecular formula is C57H85BN6NaO12. The number of nitrogens with zero attached hydrogens (tertiary/aromatic N) is 3. The SMILES string of the molecule is C=C(OCC)N1CCC(C)(C=O)CC1.CC(=O)N[C@H]1CC2(CCNCC2)c2ccccc21.CC(=O)OOC(C)=O.CCOC(=O)N1CCC(C)(CN2CCC3(CC2)C[C@H](NC(C)=O)c2ccccc23)CC1.[B-]OC(C)=O.[Na+]. The van der Waals surface area contributed by atoms with Crippen LogP contribution in [-0.2, 0) is 63.5 Å². The Balaban J connectivity index is 0.000000288. The first kappa shape index (κ1) is 66.3. The Bertz CT molecular complexity index is 2260. The van der Waals surface area contributed by atoms with Crippen LogP contribution in [0.25, 0.3) is 0 Å². The molecule has 8 rings (SSSR count). The number of carbonyl (C=O) groups is 7. The molecular weight excluding hydrogens is 994 g/mol. The molecule has 419 valence electrons. The Morgan fingerprint density at radius 2 is 1.08 bits per heavy atom. The topological polar surface area (TPSA) is 211 Å². The molecule has 4 heterocycles. The minimum absolute atomic E-state index is 0. The van der Waals surface area contributed by atoms with Crippen LogP contribution >= 0.6 is 0 Å². The summed E-state index contributed by atoms with van der Waals surface area (Å²) in [5.41, 5.74) is 6.14. The average molecular weight is 1080 g/mol. The van der Waals surface area contributed by atoms with Gasteiger partial charge in [0.25, 0.3) is 0 Å². The molecule has 3 amide bonds. The molecule has 3 radical (unpaired) electrons. The molecule has 3 N–H and O–H groups in total. The van der Waals surface area contributed by atoms with Gasteiger partial charge in [-0.25, -0.2) is 24.2 Å². The normalized spacial score (nSPS) is 20.6. The van der Waals surface area contributed by atoms with Crippen molar-refractivity contribution in [2.45, 2.75) is 149 Å². The number of fused-ring (bicyclic) bond motifs is 4. The van der Waals surface area contributed by atoms with Gasteiger partial charge in [0.2, 0.25) is 17.8 Å². The standard InChI is InChI=1S/C25H37N3O3.C15H20N2O.C11H19NO2.C4H6O4.C2H3BO2.Na/c1-4-31-23(30)28-15-9-24(3,10-16-28)18-27-13-11-25(12-14-27)17-22(26-19(2)29)20-7-5-6-8-21(20)25;1-11(18)17-14-10-15(6-8-16-9-7-15)13-5-3-2-4-12(13)14;1-4-14-10(2)12-7-5-11(3,9-13)6-8-12;1-3(5)7-8-4(2)6;1-2(4)5-3;/h5-8,22H,4,9-18H2,1-3H3,(H,26,29);2-5,14,16H,6-10H2,1H3,(H,17,18);9H,2,4-8H2,1,3H3;1-2H3;1H3;/q;;;;-1;+1/t22-;14-;;;;/m00..../s1. The van der Waals surface area contributed by atoms with E-state index in [1.807, 2.05) is 25.7 Å². The van der Waals surface area contributed by atoms with Crippen molar-refractivity contribution in [3.63, 3.8) is 0 Å². The van der Waals surface area contributed by atoms with Crippen molar-refractivity contribution in [1.29, 1.82) is 0 Å². The van der Waals surface area contributed by atoms with E-state index >= 15 is 0 Å². The van der Waals surface area contributed by atoms with Gasteiger partial charge in [-0.3, -0.25) is 14.4 Å². The van der Waals surface area contributed by atoms with Crippen molar-refractivity contribution in [2.24, 2.45) is 10.8 Å². The smallest absolute Gasteiger partial charge is 0.793 e. The van der Waals surface area contributed by atoms with E-state index in [-0.39, 0.29) is 81.2 Å².